The monoisotopic (exact) mass is 474 g/mol. The number of carbonyl (C=O) groups is 1. The van der Waals surface area contributed by atoms with Gasteiger partial charge in [0.1, 0.15) is 0 Å². The summed E-state index contributed by atoms with van der Waals surface area (Å²) >= 11 is 12.7. The molecule has 2 N–H and O–H groups in total. The number of methoxy groups -OCH3 is 1. The highest BCUT2D eigenvalue weighted by Crippen LogP contribution is 2.39. The predicted molar refractivity (Wildman–Crippen MR) is 101 cm³/mol. The number of hydrazone groups is 1. The Bertz CT molecular complexity index is 825. The normalized spacial score (nSPS) is 10.9. The third-order valence-electron chi connectivity index (χ3n) is 3.14. The van der Waals surface area contributed by atoms with Gasteiger partial charge in [-0.15, -0.1) is 0 Å². The Hall–Kier alpha value is -1.57. The van der Waals surface area contributed by atoms with Gasteiger partial charge in [-0.05, 0) is 62.5 Å². The largest absolute Gasteiger partial charge is 0.504 e. The third kappa shape index (κ3) is 4.09. The molecule has 24 heavy (non-hydrogen) atoms. The van der Waals surface area contributed by atoms with E-state index < -0.39 is 5.91 Å². The Morgan fingerprint density at radius 3 is 2.71 bits per heavy atom. The van der Waals surface area contributed by atoms with Crippen LogP contribution >= 0.6 is 43.5 Å². The van der Waals surface area contributed by atoms with E-state index in [1.807, 2.05) is 6.92 Å². The number of rotatable bonds is 4. The minimum absolute atomic E-state index is 0.0982. The fourth-order valence-corrected chi connectivity index (χ4v) is 3.05. The summed E-state index contributed by atoms with van der Waals surface area (Å²) in [5.41, 5.74) is 4.00. The Morgan fingerprint density at radius 1 is 1.38 bits per heavy atom. The molecule has 0 saturated carbocycles. The molecule has 5 nitrogen and oxygen atoms in total. The molecule has 0 fully saturated rings. The quantitative estimate of drug-likeness (QED) is 0.499. The highest BCUT2D eigenvalue weighted by molar-refractivity contribution is 9.13. The van der Waals surface area contributed by atoms with E-state index in [1.54, 1.807) is 24.3 Å². The number of amides is 1. The minimum atomic E-state index is -0.450. The van der Waals surface area contributed by atoms with Gasteiger partial charge in [0.05, 0.1) is 29.5 Å². The Morgan fingerprint density at radius 2 is 2.08 bits per heavy atom. The SMILES string of the molecule is COc1cc(Br)c(Br)c(C=NNC(=O)c2ccc(C)cc2Cl)c1O. The first-order valence-corrected chi connectivity index (χ1v) is 8.66. The zero-order valence-electron chi connectivity index (χ0n) is 12.7. The van der Waals surface area contributed by atoms with Gasteiger partial charge in [-0.25, -0.2) is 5.43 Å². The van der Waals surface area contributed by atoms with E-state index in [2.05, 4.69) is 42.4 Å². The summed E-state index contributed by atoms with van der Waals surface area (Å²) in [4.78, 5) is 12.1. The fraction of sp³-hybridized carbons (Fsp3) is 0.125. The number of nitrogens with one attached hydrogen (secondary N) is 1. The van der Waals surface area contributed by atoms with Gasteiger partial charge in [-0.3, -0.25) is 4.79 Å². The molecule has 0 unspecified atom stereocenters. The smallest absolute Gasteiger partial charge is 0.272 e. The summed E-state index contributed by atoms with van der Waals surface area (Å²) in [7, 11) is 1.44. The van der Waals surface area contributed by atoms with Gasteiger partial charge in [-0.1, -0.05) is 17.7 Å². The highest BCUT2D eigenvalue weighted by Gasteiger charge is 2.15. The van der Waals surface area contributed by atoms with Gasteiger partial charge < -0.3 is 9.84 Å². The van der Waals surface area contributed by atoms with E-state index >= 15 is 0 Å². The first-order chi connectivity index (χ1) is 11.3. The molecule has 0 saturated heterocycles. The Labute approximate surface area is 160 Å². The Balaban J connectivity index is 2.23. The topological polar surface area (TPSA) is 70.9 Å². The maximum Gasteiger partial charge on any atom is 0.272 e. The van der Waals surface area contributed by atoms with Crippen molar-refractivity contribution < 1.29 is 14.6 Å². The molecule has 126 valence electrons. The highest BCUT2D eigenvalue weighted by atomic mass is 79.9. The first-order valence-electron chi connectivity index (χ1n) is 6.69. The number of halogens is 3. The maximum absolute atomic E-state index is 12.1. The van der Waals surface area contributed by atoms with E-state index in [0.29, 0.717) is 25.1 Å². The van der Waals surface area contributed by atoms with E-state index in [4.69, 9.17) is 16.3 Å². The molecule has 2 rings (SSSR count). The van der Waals surface area contributed by atoms with Crippen LogP contribution in [0.25, 0.3) is 0 Å². The number of aryl methyl sites for hydroxylation is 1. The average molecular weight is 477 g/mol. The second-order valence-corrected chi connectivity index (χ2v) is 6.87. The van der Waals surface area contributed by atoms with E-state index in [1.165, 1.54) is 13.3 Å². The predicted octanol–water partition coefficient (Wildman–Crippen LogP) is 4.65. The molecule has 0 bridgehead atoms. The molecular weight excluding hydrogens is 463 g/mol. The molecule has 0 aliphatic rings. The lowest BCUT2D eigenvalue weighted by Gasteiger charge is -2.09. The van der Waals surface area contributed by atoms with Crippen molar-refractivity contribution in [3.05, 3.63) is 54.9 Å². The summed E-state index contributed by atoms with van der Waals surface area (Å²) in [5.74, 6) is -0.271. The standard InChI is InChI=1S/C16H13Br2ClN2O3/c1-8-3-4-9(12(19)5-8)16(23)21-20-7-10-14(18)11(17)6-13(24-2)15(10)22/h3-7,22H,1-2H3,(H,21,23). The second-order valence-electron chi connectivity index (χ2n) is 4.82. The number of nitrogens with zero attached hydrogens (tertiary/aromatic N) is 1. The number of ether oxygens (including phenoxy) is 1. The number of hydrogen-bond donors (Lipinski definition) is 2. The summed E-state index contributed by atoms with van der Waals surface area (Å²) in [6, 6.07) is 6.72. The van der Waals surface area contributed by atoms with E-state index in [9.17, 15) is 9.90 Å². The van der Waals surface area contributed by atoms with Crippen LogP contribution in [-0.2, 0) is 0 Å². The van der Waals surface area contributed by atoms with Crippen molar-refractivity contribution >= 4 is 55.6 Å². The number of phenols is 1. The summed E-state index contributed by atoms with van der Waals surface area (Å²) in [5, 5.41) is 14.4. The molecule has 0 aliphatic heterocycles. The fourth-order valence-electron chi connectivity index (χ4n) is 1.91. The molecular formula is C16H13Br2ClN2O3. The van der Waals surface area contributed by atoms with Crippen molar-refractivity contribution in [2.45, 2.75) is 6.92 Å². The molecule has 2 aromatic carbocycles. The number of benzene rings is 2. The molecule has 0 heterocycles. The zero-order valence-corrected chi connectivity index (χ0v) is 16.7. The molecule has 0 atom stereocenters. The van der Waals surface area contributed by atoms with Crippen LogP contribution in [0.3, 0.4) is 0 Å². The van der Waals surface area contributed by atoms with Crippen molar-refractivity contribution in [3.63, 3.8) is 0 Å². The van der Waals surface area contributed by atoms with Crippen molar-refractivity contribution in [2.75, 3.05) is 7.11 Å². The first kappa shape index (κ1) is 18.8. The van der Waals surface area contributed by atoms with Crippen molar-refractivity contribution in [3.8, 4) is 11.5 Å². The number of aromatic hydroxyl groups is 1. The van der Waals surface area contributed by atoms with Crippen LogP contribution in [0, 0.1) is 6.92 Å². The van der Waals surface area contributed by atoms with Crippen molar-refractivity contribution in [1.29, 1.82) is 0 Å². The zero-order chi connectivity index (χ0) is 17.9. The van der Waals surface area contributed by atoms with Crippen LogP contribution in [0.1, 0.15) is 21.5 Å². The number of hydrogen-bond acceptors (Lipinski definition) is 4. The summed E-state index contributed by atoms with van der Waals surface area (Å²) in [6.07, 6.45) is 1.31. The van der Waals surface area contributed by atoms with Gasteiger partial charge in [0.2, 0.25) is 0 Å². The lowest BCUT2D eigenvalue weighted by atomic mass is 10.1. The van der Waals surface area contributed by atoms with E-state index in [0.717, 1.165) is 5.56 Å². The third-order valence-corrected chi connectivity index (χ3v) is 5.47. The summed E-state index contributed by atoms with van der Waals surface area (Å²) < 4.78 is 6.33. The molecule has 0 radical (unpaired) electrons. The van der Waals surface area contributed by atoms with Gasteiger partial charge in [0.25, 0.3) is 5.91 Å². The van der Waals surface area contributed by atoms with Crippen LogP contribution in [0.4, 0.5) is 0 Å². The van der Waals surface area contributed by atoms with Gasteiger partial charge in [0.15, 0.2) is 11.5 Å². The van der Waals surface area contributed by atoms with Crippen LogP contribution in [0.5, 0.6) is 11.5 Å². The van der Waals surface area contributed by atoms with Gasteiger partial charge in [-0.2, -0.15) is 5.10 Å². The van der Waals surface area contributed by atoms with Crippen LogP contribution < -0.4 is 10.2 Å². The average Bonchev–Trinajstić information content (AvgIpc) is 2.53. The molecule has 0 aromatic heterocycles. The molecule has 8 heteroatoms. The lowest BCUT2D eigenvalue weighted by Crippen LogP contribution is -2.18. The molecule has 0 aliphatic carbocycles. The van der Waals surface area contributed by atoms with Gasteiger partial charge >= 0.3 is 0 Å². The Kier molecular flexibility index (Phi) is 6.26. The van der Waals surface area contributed by atoms with Crippen LogP contribution in [0.2, 0.25) is 5.02 Å². The molecule has 1 amide bonds. The lowest BCUT2D eigenvalue weighted by molar-refractivity contribution is 0.0955. The maximum atomic E-state index is 12.1. The molecule has 2 aromatic rings. The molecule has 0 spiro atoms. The van der Waals surface area contributed by atoms with Gasteiger partial charge in [0, 0.05) is 8.95 Å². The number of carbonyl (C=O) groups excluding carboxylic acids is 1. The van der Waals surface area contributed by atoms with Crippen LogP contribution in [0.15, 0.2) is 38.3 Å². The summed E-state index contributed by atoms with van der Waals surface area (Å²) in [6.45, 7) is 1.88. The van der Waals surface area contributed by atoms with Crippen molar-refractivity contribution in [2.24, 2.45) is 5.10 Å². The van der Waals surface area contributed by atoms with E-state index in [-0.39, 0.29) is 11.5 Å². The number of phenolic OH excluding ortho intramolecular Hbond substituents is 1. The van der Waals surface area contributed by atoms with Crippen molar-refractivity contribution in [1.82, 2.24) is 5.43 Å². The van der Waals surface area contributed by atoms with Crippen LogP contribution in [-0.4, -0.2) is 24.3 Å². The minimum Gasteiger partial charge on any atom is -0.504 e. The second kappa shape index (κ2) is 8.00.